The van der Waals surface area contributed by atoms with Crippen LogP contribution in [0.2, 0.25) is 0 Å². The van der Waals surface area contributed by atoms with Crippen molar-refractivity contribution in [1.82, 2.24) is 10.6 Å². The highest BCUT2D eigenvalue weighted by atomic mass is 16.5. The first-order valence-electron chi connectivity index (χ1n) is 6.81. The van der Waals surface area contributed by atoms with E-state index >= 15 is 0 Å². The molecule has 19 heavy (non-hydrogen) atoms. The number of rotatable bonds is 9. The summed E-state index contributed by atoms with van der Waals surface area (Å²) in [5, 5.41) is 6.71. The van der Waals surface area contributed by atoms with Crippen molar-refractivity contribution in [3.05, 3.63) is 23.8 Å². The molecule has 1 atom stereocenters. The molecule has 0 spiro atoms. The van der Waals surface area contributed by atoms with Crippen LogP contribution in [0.4, 0.5) is 0 Å². The van der Waals surface area contributed by atoms with Gasteiger partial charge in [0.2, 0.25) is 0 Å². The Bertz CT molecular complexity index is 369. The summed E-state index contributed by atoms with van der Waals surface area (Å²) in [6.07, 6.45) is 1.18. The smallest absolute Gasteiger partial charge is 0.161 e. The highest BCUT2D eigenvalue weighted by Gasteiger charge is 2.06. The zero-order valence-corrected chi connectivity index (χ0v) is 12.5. The van der Waals surface area contributed by atoms with Crippen molar-refractivity contribution in [2.45, 2.75) is 19.9 Å². The first-order valence-corrected chi connectivity index (χ1v) is 6.81. The predicted molar refractivity (Wildman–Crippen MR) is 79.0 cm³/mol. The third-order valence-electron chi connectivity index (χ3n) is 3.28. The molecule has 0 saturated carbocycles. The van der Waals surface area contributed by atoms with E-state index in [0.29, 0.717) is 5.92 Å². The molecule has 4 heteroatoms. The third kappa shape index (κ3) is 5.09. The molecule has 0 radical (unpaired) electrons. The Hall–Kier alpha value is -1.26. The predicted octanol–water partition coefficient (Wildman–Crippen LogP) is 2.04. The number of benzene rings is 1. The maximum absolute atomic E-state index is 5.30. The lowest BCUT2D eigenvalue weighted by molar-refractivity contribution is 0.354. The Labute approximate surface area is 116 Å². The van der Waals surface area contributed by atoms with E-state index in [0.717, 1.165) is 31.1 Å². The molecule has 4 nitrogen and oxygen atoms in total. The lowest BCUT2D eigenvalue weighted by Crippen LogP contribution is -2.29. The van der Waals surface area contributed by atoms with Crippen LogP contribution < -0.4 is 20.1 Å². The summed E-state index contributed by atoms with van der Waals surface area (Å²) in [7, 11) is 5.31. The molecule has 1 aromatic rings. The Kier molecular flexibility index (Phi) is 7.30. The second-order valence-electron chi connectivity index (χ2n) is 4.65. The molecule has 0 fully saturated rings. The maximum Gasteiger partial charge on any atom is 0.161 e. The van der Waals surface area contributed by atoms with Gasteiger partial charge in [0.25, 0.3) is 0 Å². The van der Waals surface area contributed by atoms with E-state index < -0.39 is 0 Å². The second kappa shape index (κ2) is 8.77. The third-order valence-corrected chi connectivity index (χ3v) is 3.28. The molecule has 2 N–H and O–H groups in total. The lowest BCUT2D eigenvalue weighted by atomic mass is 10.1. The molecule has 0 heterocycles. The zero-order valence-electron chi connectivity index (χ0n) is 12.5. The van der Waals surface area contributed by atoms with E-state index in [-0.39, 0.29) is 0 Å². The molecule has 0 amide bonds. The van der Waals surface area contributed by atoms with Crippen molar-refractivity contribution < 1.29 is 9.47 Å². The number of hydrogen-bond acceptors (Lipinski definition) is 4. The van der Waals surface area contributed by atoms with Crippen LogP contribution in [0.1, 0.15) is 18.9 Å². The van der Waals surface area contributed by atoms with E-state index in [4.69, 9.17) is 9.47 Å². The quantitative estimate of drug-likeness (QED) is 0.718. The molecule has 0 saturated heterocycles. The fourth-order valence-corrected chi connectivity index (χ4v) is 2.06. The normalized spacial score (nSPS) is 12.2. The minimum absolute atomic E-state index is 0.671. The van der Waals surface area contributed by atoms with Crippen molar-refractivity contribution in [1.29, 1.82) is 0 Å². The summed E-state index contributed by atoms with van der Waals surface area (Å²) < 4.78 is 10.5. The Morgan fingerprint density at radius 3 is 2.42 bits per heavy atom. The fourth-order valence-electron chi connectivity index (χ4n) is 2.06. The van der Waals surface area contributed by atoms with Gasteiger partial charge in [-0.25, -0.2) is 0 Å². The Balaban J connectivity index is 2.49. The molecule has 0 aliphatic carbocycles. The molecule has 0 aliphatic rings. The van der Waals surface area contributed by atoms with E-state index in [1.165, 1.54) is 12.0 Å². The van der Waals surface area contributed by atoms with Gasteiger partial charge in [-0.15, -0.1) is 0 Å². The molecular weight excluding hydrogens is 240 g/mol. The molecule has 1 unspecified atom stereocenters. The monoisotopic (exact) mass is 266 g/mol. The van der Waals surface area contributed by atoms with Gasteiger partial charge >= 0.3 is 0 Å². The highest BCUT2D eigenvalue weighted by molar-refractivity contribution is 5.42. The number of nitrogens with one attached hydrogen (secondary N) is 2. The van der Waals surface area contributed by atoms with Crippen LogP contribution >= 0.6 is 0 Å². The van der Waals surface area contributed by atoms with Gasteiger partial charge in [0.15, 0.2) is 11.5 Å². The average Bonchev–Trinajstić information content (AvgIpc) is 2.46. The van der Waals surface area contributed by atoms with Crippen LogP contribution in [0.5, 0.6) is 11.5 Å². The summed E-state index contributed by atoms with van der Waals surface area (Å²) in [5.74, 6) is 2.22. The van der Waals surface area contributed by atoms with Gasteiger partial charge in [-0.3, -0.25) is 0 Å². The minimum atomic E-state index is 0.671. The van der Waals surface area contributed by atoms with Crippen LogP contribution in [0, 0.1) is 5.92 Å². The number of hydrogen-bond donors (Lipinski definition) is 2. The minimum Gasteiger partial charge on any atom is -0.493 e. The van der Waals surface area contributed by atoms with Crippen molar-refractivity contribution >= 4 is 0 Å². The van der Waals surface area contributed by atoms with E-state index in [2.05, 4.69) is 23.6 Å². The summed E-state index contributed by atoms with van der Waals surface area (Å²) in [4.78, 5) is 0. The van der Waals surface area contributed by atoms with Gasteiger partial charge < -0.3 is 20.1 Å². The summed E-state index contributed by atoms with van der Waals surface area (Å²) >= 11 is 0. The molecule has 0 aromatic heterocycles. The van der Waals surface area contributed by atoms with Crippen LogP contribution in [-0.4, -0.2) is 34.4 Å². The first-order chi connectivity index (χ1) is 9.24. The van der Waals surface area contributed by atoms with Gasteiger partial charge in [-0.05, 0) is 43.8 Å². The highest BCUT2D eigenvalue weighted by Crippen LogP contribution is 2.27. The van der Waals surface area contributed by atoms with Crippen molar-refractivity contribution in [3.63, 3.8) is 0 Å². The van der Waals surface area contributed by atoms with E-state index in [1.807, 2.05) is 19.2 Å². The van der Waals surface area contributed by atoms with E-state index in [9.17, 15) is 0 Å². The Morgan fingerprint density at radius 1 is 1.11 bits per heavy atom. The molecule has 0 aliphatic heterocycles. The van der Waals surface area contributed by atoms with Crippen LogP contribution in [0.15, 0.2) is 18.2 Å². The summed E-state index contributed by atoms with van der Waals surface area (Å²) in [6, 6.07) is 6.03. The first kappa shape index (κ1) is 15.8. The SMILES string of the molecule is CCC(CNC)CNCc1ccc(OC)c(OC)c1. The molecule has 1 rings (SSSR count). The van der Waals surface area contributed by atoms with Crippen LogP contribution in [0.3, 0.4) is 0 Å². The van der Waals surface area contributed by atoms with Crippen LogP contribution in [-0.2, 0) is 6.54 Å². The van der Waals surface area contributed by atoms with Crippen molar-refractivity contribution in [3.8, 4) is 11.5 Å². The van der Waals surface area contributed by atoms with Crippen molar-refractivity contribution in [2.75, 3.05) is 34.4 Å². The van der Waals surface area contributed by atoms with Gasteiger partial charge in [0.1, 0.15) is 0 Å². The number of methoxy groups -OCH3 is 2. The molecule has 1 aromatic carbocycles. The summed E-state index contributed by atoms with van der Waals surface area (Å²) in [6.45, 7) is 5.14. The van der Waals surface area contributed by atoms with E-state index in [1.54, 1.807) is 14.2 Å². The average molecular weight is 266 g/mol. The molecule has 108 valence electrons. The fraction of sp³-hybridized carbons (Fsp3) is 0.600. The molecule has 0 bridgehead atoms. The molecular formula is C15H26N2O2. The van der Waals surface area contributed by atoms with Gasteiger partial charge in [0, 0.05) is 6.54 Å². The van der Waals surface area contributed by atoms with Gasteiger partial charge in [0.05, 0.1) is 14.2 Å². The lowest BCUT2D eigenvalue weighted by Gasteiger charge is -2.15. The van der Waals surface area contributed by atoms with Gasteiger partial charge in [-0.2, -0.15) is 0 Å². The maximum atomic E-state index is 5.30. The topological polar surface area (TPSA) is 42.5 Å². The zero-order chi connectivity index (χ0) is 14.1. The van der Waals surface area contributed by atoms with Crippen molar-refractivity contribution in [2.24, 2.45) is 5.92 Å². The van der Waals surface area contributed by atoms with Gasteiger partial charge in [-0.1, -0.05) is 19.4 Å². The standard InChI is InChI=1S/C15H26N2O2/c1-5-12(9-16-2)10-17-11-13-6-7-14(18-3)15(8-13)19-4/h6-8,12,16-17H,5,9-11H2,1-4H3. The largest absolute Gasteiger partial charge is 0.493 e. The second-order valence-corrected chi connectivity index (χ2v) is 4.65. The summed E-state index contributed by atoms with van der Waals surface area (Å²) in [5.41, 5.74) is 1.21. The van der Waals surface area contributed by atoms with Crippen LogP contribution in [0.25, 0.3) is 0 Å². The number of ether oxygens (including phenoxy) is 2. The Morgan fingerprint density at radius 2 is 1.84 bits per heavy atom.